The van der Waals surface area contributed by atoms with E-state index in [9.17, 15) is 4.79 Å². The fraction of sp³-hybridized carbons (Fsp3) is 0.562. The number of hydrogen-bond donors (Lipinski definition) is 1. The molecule has 1 N–H and O–H groups in total. The van der Waals surface area contributed by atoms with Crippen molar-refractivity contribution in [2.24, 2.45) is 0 Å². The van der Waals surface area contributed by atoms with E-state index < -0.39 is 0 Å². The summed E-state index contributed by atoms with van der Waals surface area (Å²) in [6.07, 6.45) is 5.25. The SMILES string of the molecule is CCc1ccc(C(=O)N[C@@H](C)c2nnc3n2CCCCC3)o1. The number of nitrogens with zero attached hydrogens (tertiary/aromatic N) is 3. The molecular weight excluding hydrogens is 280 g/mol. The second kappa shape index (κ2) is 6.34. The van der Waals surface area contributed by atoms with E-state index in [0.717, 1.165) is 49.6 Å². The van der Waals surface area contributed by atoms with Crippen LogP contribution in [0.25, 0.3) is 0 Å². The third-order valence-electron chi connectivity index (χ3n) is 4.11. The van der Waals surface area contributed by atoms with Crippen LogP contribution >= 0.6 is 0 Å². The first-order valence-corrected chi connectivity index (χ1v) is 8.00. The number of furan rings is 1. The zero-order valence-electron chi connectivity index (χ0n) is 13.1. The molecule has 0 aromatic carbocycles. The Hall–Kier alpha value is -2.11. The van der Waals surface area contributed by atoms with Crippen molar-refractivity contribution < 1.29 is 9.21 Å². The topological polar surface area (TPSA) is 73.0 Å². The summed E-state index contributed by atoms with van der Waals surface area (Å²) in [6.45, 7) is 4.86. The highest BCUT2D eigenvalue weighted by atomic mass is 16.3. The Balaban J connectivity index is 1.73. The number of carbonyl (C=O) groups is 1. The van der Waals surface area contributed by atoms with Crippen LogP contribution in [0.3, 0.4) is 0 Å². The summed E-state index contributed by atoms with van der Waals surface area (Å²) < 4.78 is 7.64. The van der Waals surface area contributed by atoms with Crippen LogP contribution in [-0.4, -0.2) is 20.7 Å². The van der Waals surface area contributed by atoms with Crippen LogP contribution in [0.5, 0.6) is 0 Å². The molecule has 22 heavy (non-hydrogen) atoms. The van der Waals surface area contributed by atoms with Crippen molar-refractivity contribution in [2.75, 3.05) is 0 Å². The quantitative estimate of drug-likeness (QED) is 0.942. The summed E-state index contributed by atoms with van der Waals surface area (Å²) in [7, 11) is 0. The maximum atomic E-state index is 12.3. The molecule has 6 heteroatoms. The number of aryl methyl sites for hydroxylation is 2. The molecule has 1 aliphatic heterocycles. The molecule has 0 unspecified atom stereocenters. The van der Waals surface area contributed by atoms with Crippen molar-refractivity contribution in [1.29, 1.82) is 0 Å². The minimum atomic E-state index is -0.210. The maximum absolute atomic E-state index is 12.3. The zero-order chi connectivity index (χ0) is 15.5. The number of fused-ring (bicyclic) bond motifs is 1. The molecule has 118 valence electrons. The van der Waals surface area contributed by atoms with Gasteiger partial charge in [-0.3, -0.25) is 4.79 Å². The van der Waals surface area contributed by atoms with Crippen molar-refractivity contribution in [3.8, 4) is 0 Å². The molecule has 0 radical (unpaired) electrons. The summed E-state index contributed by atoms with van der Waals surface area (Å²) in [5.74, 6) is 2.80. The summed E-state index contributed by atoms with van der Waals surface area (Å²) in [4.78, 5) is 12.3. The van der Waals surface area contributed by atoms with Crippen LogP contribution in [0, 0.1) is 0 Å². The predicted octanol–water partition coefficient (Wildman–Crippen LogP) is 2.65. The van der Waals surface area contributed by atoms with Gasteiger partial charge in [0.05, 0.1) is 6.04 Å². The van der Waals surface area contributed by atoms with Gasteiger partial charge in [-0.25, -0.2) is 0 Å². The lowest BCUT2D eigenvalue weighted by Crippen LogP contribution is -2.28. The van der Waals surface area contributed by atoms with Gasteiger partial charge in [0.25, 0.3) is 5.91 Å². The summed E-state index contributed by atoms with van der Waals surface area (Å²) in [6, 6.07) is 3.36. The van der Waals surface area contributed by atoms with Gasteiger partial charge in [0.2, 0.25) is 0 Å². The van der Waals surface area contributed by atoms with E-state index in [-0.39, 0.29) is 11.9 Å². The molecular formula is C16H22N4O2. The molecule has 0 spiro atoms. The second-order valence-corrected chi connectivity index (χ2v) is 5.75. The molecule has 0 bridgehead atoms. The van der Waals surface area contributed by atoms with Gasteiger partial charge in [-0.15, -0.1) is 10.2 Å². The normalized spacial score (nSPS) is 15.9. The maximum Gasteiger partial charge on any atom is 0.287 e. The minimum absolute atomic E-state index is 0.193. The van der Waals surface area contributed by atoms with Crippen LogP contribution in [-0.2, 0) is 19.4 Å². The van der Waals surface area contributed by atoms with E-state index in [4.69, 9.17) is 4.42 Å². The van der Waals surface area contributed by atoms with Crippen molar-refractivity contribution in [3.05, 3.63) is 35.3 Å². The summed E-state index contributed by atoms with van der Waals surface area (Å²) >= 11 is 0. The molecule has 2 aromatic rings. The van der Waals surface area contributed by atoms with Crippen molar-refractivity contribution in [3.63, 3.8) is 0 Å². The molecule has 1 amide bonds. The number of carbonyl (C=O) groups excluding carboxylic acids is 1. The first-order valence-electron chi connectivity index (χ1n) is 8.00. The van der Waals surface area contributed by atoms with Crippen LogP contribution in [0.4, 0.5) is 0 Å². The van der Waals surface area contributed by atoms with E-state index in [2.05, 4.69) is 20.1 Å². The fourth-order valence-corrected chi connectivity index (χ4v) is 2.85. The Labute approximate surface area is 129 Å². The molecule has 2 aromatic heterocycles. The lowest BCUT2D eigenvalue weighted by molar-refractivity contribution is 0.0907. The first-order chi connectivity index (χ1) is 10.7. The fourth-order valence-electron chi connectivity index (χ4n) is 2.85. The summed E-state index contributed by atoms with van der Waals surface area (Å²) in [5, 5.41) is 11.5. The van der Waals surface area contributed by atoms with E-state index in [1.807, 2.05) is 19.9 Å². The van der Waals surface area contributed by atoms with Gasteiger partial charge in [0.1, 0.15) is 11.6 Å². The number of hydrogen-bond acceptors (Lipinski definition) is 4. The molecule has 1 aliphatic rings. The highest BCUT2D eigenvalue weighted by molar-refractivity contribution is 5.91. The van der Waals surface area contributed by atoms with E-state index in [1.165, 1.54) is 6.42 Å². The largest absolute Gasteiger partial charge is 0.456 e. The third-order valence-corrected chi connectivity index (χ3v) is 4.11. The van der Waals surface area contributed by atoms with Crippen molar-refractivity contribution in [2.45, 2.75) is 58.5 Å². The Morgan fingerprint density at radius 2 is 2.23 bits per heavy atom. The number of amides is 1. The van der Waals surface area contributed by atoms with Gasteiger partial charge in [-0.1, -0.05) is 13.3 Å². The predicted molar refractivity (Wildman–Crippen MR) is 81.5 cm³/mol. The highest BCUT2D eigenvalue weighted by Gasteiger charge is 2.22. The van der Waals surface area contributed by atoms with Crippen LogP contribution in [0.2, 0.25) is 0 Å². The molecule has 0 aliphatic carbocycles. The third kappa shape index (κ3) is 2.91. The first kappa shape index (κ1) is 14.8. The Morgan fingerprint density at radius 3 is 3.00 bits per heavy atom. The van der Waals surface area contributed by atoms with E-state index >= 15 is 0 Å². The van der Waals surface area contributed by atoms with Crippen LogP contribution in [0.1, 0.15) is 67.1 Å². The van der Waals surface area contributed by atoms with Gasteiger partial charge in [-0.2, -0.15) is 0 Å². The van der Waals surface area contributed by atoms with Gasteiger partial charge in [0.15, 0.2) is 11.6 Å². The van der Waals surface area contributed by atoms with Crippen LogP contribution < -0.4 is 5.32 Å². The molecule has 3 rings (SSSR count). The lowest BCUT2D eigenvalue weighted by atomic mass is 10.2. The second-order valence-electron chi connectivity index (χ2n) is 5.75. The molecule has 1 atom stereocenters. The standard InChI is InChI=1S/C16H22N4O2/c1-3-12-8-9-13(22-12)16(21)17-11(2)15-19-18-14-7-5-4-6-10-20(14)15/h8-9,11H,3-7,10H2,1-2H3,(H,17,21)/t11-/m0/s1. The lowest BCUT2D eigenvalue weighted by Gasteiger charge is -2.14. The van der Waals surface area contributed by atoms with E-state index in [0.29, 0.717) is 5.76 Å². The smallest absolute Gasteiger partial charge is 0.287 e. The number of rotatable bonds is 4. The minimum Gasteiger partial charge on any atom is -0.456 e. The highest BCUT2D eigenvalue weighted by Crippen LogP contribution is 2.19. The van der Waals surface area contributed by atoms with Gasteiger partial charge < -0.3 is 14.3 Å². The monoisotopic (exact) mass is 302 g/mol. The Kier molecular flexibility index (Phi) is 4.27. The van der Waals surface area contributed by atoms with E-state index in [1.54, 1.807) is 6.07 Å². The Bertz CT molecular complexity index is 659. The Morgan fingerprint density at radius 1 is 1.36 bits per heavy atom. The van der Waals surface area contributed by atoms with Crippen molar-refractivity contribution >= 4 is 5.91 Å². The van der Waals surface area contributed by atoms with Gasteiger partial charge in [-0.05, 0) is 31.9 Å². The van der Waals surface area contributed by atoms with Crippen molar-refractivity contribution in [1.82, 2.24) is 20.1 Å². The summed E-state index contributed by atoms with van der Waals surface area (Å²) in [5.41, 5.74) is 0. The number of aromatic nitrogens is 3. The van der Waals surface area contributed by atoms with Crippen LogP contribution in [0.15, 0.2) is 16.5 Å². The van der Waals surface area contributed by atoms with Gasteiger partial charge in [0, 0.05) is 19.4 Å². The molecule has 0 saturated carbocycles. The molecule has 3 heterocycles. The number of nitrogens with one attached hydrogen (secondary N) is 1. The average molecular weight is 302 g/mol. The average Bonchev–Trinajstić information content (AvgIpc) is 3.09. The zero-order valence-corrected chi connectivity index (χ0v) is 13.1. The molecule has 0 saturated heterocycles. The van der Waals surface area contributed by atoms with Gasteiger partial charge >= 0.3 is 0 Å². The molecule has 6 nitrogen and oxygen atoms in total. The molecule has 0 fully saturated rings.